The molecule has 4 aromatic rings. The van der Waals surface area contributed by atoms with Gasteiger partial charge in [0.2, 0.25) is 0 Å². The molecule has 0 saturated carbocycles. The number of H-pyrrole nitrogens is 1. The van der Waals surface area contributed by atoms with E-state index in [4.69, 9.17) is 4.74 Å². The number of aromatic nitrogens is 1. The van der Waals surface area contributed by atoms with Gasteiger partial charge < -0.3 is 19.9 Å². The third kappa shape index (κ3) is 3.40. The summed E-state index contributed by atoms with van der Waals surface area (Å²) in [5.41, 5.74) is 2.99. The van der Waals surface area contributed by atoms with Crippen LogP contribution in [-0.4, -0.2) is 41.4 Å². The van der Waals surface area contributed by atoms with Crippen molar-refractivity contribution in [1.82, 2.24) is 15.2 Å². The van der Waals surface area contributed by atoms with Gasteiger partial charge in [-0.05, 0) is 54.8 Å². The van der Waals surface area contributed by atoms with Gasteiger partial charge in [0.25, 0.3) is 11.8 Å². The third-order valence-electron chi connectivity index (χ3n) is 7.47. The van der Waals surface area contributed by atoms with Crippen LogP contribution in [0.3, 0.4) is 0 Å². The smallest absolute Gasteiger partial charge is 0.332 e. The number of carbonyl (C=O) groups excluding carboxylic acids is 3. The molecular formula is C29H26N4O4. The number of nitrogens with zero attached hydrogens (tertiary/aromatic N) is 2. The Kier molecular flexibility index (Phi) is 5.26. The fourth-order valence-electron chi connectivity index (χ4n) is 5.49. The average molecular weight is 495 g/mol. The van der Waals surface area contributed by atoms with Gasteiger partial charge in [0.15, 0.2) is 5.54 Å². The van der Waals surface area contributed by atoms with Gasteiger partial charge in [0.05, 0.1) is 24.1 Å². The van der Waals surface area contributed by atoms with Crippen LogP contribution in [0.25, 0.3) is 10.9 Å². The van der Waals surface area contributed by atoms with E-state index in [-0.39, 0.29) is 23.1 Å². The molecule has 186 valence electrons. The molecule has 6 rings (SSSR count). The van der Waals surface area contributed by atoms with E-state index in [1.807, 2.05) is 48.5 Å². The SMILES string of the molecule is COc1ccc(CNC(=O)c2ccccc2N2C(=O)N3CCc4c([nH]c5ccccc45)C3(C)C2=O)cc1. The predicted octanol–water partition coefficient (Wildman–Crippen LogP) is 4.35. The summed E-state index contributed by atoms with van der Waals surface area (Å²) in [5, 5.41) is 3.97. The van der Waals surface area contributed by atoms with Crippen LogP contribution in [0.2, 0.25) is 0 Å². The lowest BCUT2D eigenvalue weighted by Crippen LogP contribution is -2.49. The van der Waals surface area contributed by atoms with E-state index in [9.17, 15) is 14.4 Å². The number of urea groups is 1. The van der Waals surface area contributed by atoms with Crippen LogP contribution >= 0.6 is 0 Å². The van der Waals surface area contributed by atoms with Crippen molar-refractivity contribution >= 4 is 34.4 Å². The topological polar surface area (TPSA) is 94.7 Å². The van der Waals surface area contributed by atoms with Crippen LogP contribution in [-0.2, 0) is 23.3 Å². The molecule has 3 aromatic carbocycles. The summed E-state index contributed by atoms with van der Waals surface area (Å²) in [6.45, 7) is 2.49. The van der Waals surface area contributed by atoms with Crippen LogP contribution in [0.15, 0.2) is 72.8 Å². The quantitative estimate of drug-likeness (QED) is 0.404. The van der Waals surface area contributed by atoms with Gasteiger partial charge in [-0.25, -0.2) is 9.69 Å². The van der Waals surface area contributed by atoms with E-state index in [0.717, 1.165) is 38.4 Å². The van der Waals surface area contributed by atoms with Crippen LogP contribution < -0.4 is 15.0 Å². The molecule has 0 radical (unpaired) electrons. The molecule has 3 heterocycles. The number of amides is 4. The Balaban J connectivity index is 1.33. The molecule has 37 heavy (non-hydrogen) atoms. The van der Waals surface area contributed by atoms with Crippen molar-refractivity contribution in [1.29, 1.82) is 0 Å². The molecule has 1 atom stereocenters. The lowest BCUT2D eigenvalue weighted by atomic mass is 9.87. The molecule has 2 aliphatic rings. The van der Waals surface area contributed by atoms with E-state index in [1.54, 1.807) is 43.2 Å². The summed E-state index contributed by atoms with van der Waals surface area (Å²) in [6.07, 6.45) is 0.645. The van der Waals surface area contributed by atoms with Crippen molar-refractivity contribution in [3.63, 3.8) is 0 Å². The minimum atomic E-state index is -1.18. The molecule has 8 heteroatoms. The monoisotopic (exact) mass is 494 g/mol. The minimum Gasteiger partial charge on any atom is -0.497 e. The van der Waals surface area contributed by atoms with Gasteiger partial charge in [-0.15, -0.1) is 0 Å². The highest BCUT2D eigenvalue weighted by Crippen LogP contribution is 2.45. The van der Waals surface area contributed by atoms with E-state index in [2.05, 4.69) is 10.3 Å². The number of anilines is 1. The molecular weight excluding hydrogens is 468 g/mol. The Bertz CT molecular complexity index is 1560. The van der Waals surface area contributed by atoms with E-state index in [0.29, 0.717) is 19.5 Å². The number of rotatable bonds is 5. The van der Waals surface area contributed by atoms with Crippen molar-refractivity contribution in [3.05, 3.63) is 95.2 Å². The van der Waals surface area contributed by atoms with Gasteiger partial charge in [0, 0.05) is 24.0 Å². The van der Waals surface area contributed by atoms with E-state index >= 15 is 0 Å². The predicted molar refractivity (Wildman–Crippen MR) is 140 cm³/mol. The van der Waals surface area contributed by atoms with Crippen LogP contribution in [0.4, 0.5) is 10.5 Å². The molecule has 0 spiro atoms. The third-order valence-corrected chi connectivity index (χ3v) is 7.47. The largest absolute Gasteiger partial charge is 0.497 e. The number of fused-ring (bicyclic) bond motifs is 5. The van der Waals surface area contributed by atoms with Crippen molar-refractivity contribution in [3.8, 4) is 5.75 Å². The average Bonchev–Trinajstić information content (AvgIpc) is 3.41. The number of imide groups is 1. The highest BCUT2D eigenvalue weighted by atomic mass is 16.5. The molecule has 8 nitrogen and oxygen atoms in total. The first-order chi connectivity index (χ1) is 17.9. The summed E-state index contributed by atoms with van der Waals surface area (Å²) >= 11 is 0. The Labute approximate surface area is 213 Å². The second kappa shape index (κ2) is 8.51. The van der Waals surface area contributed by atoms with Gasteiger partial charge in [0.1, 0.15) is 5.75 Å². The number of methoxy groups -OCH3 is 1. The fourth-order valence-corrected chi connectivity index (χ4v) is 5.49. The van der Waals surface area contributed by atoms with Crippen LogP contribution in [0.1, 0.15) is 34.1 Å². The minimum absolute atomic E-state index is 0.262. The number of ether oxygens (including phenoxy) is 1. The highest BCUT2D eigenvalue weighted by Gasteiger charge is 2.59. The number of carbonyl (C=O) groups is 3. The second-order valence-electron chi connectivity index (χ2n) is 9.47. The molecule has 2 aliphatic heterocycles. The van der Waals surface area contributed by atoms with Crippen LogP contribution in [0.5, 0.6) is 5.75 Å². The summed E-state index contributed by atoms with van der Waals surface area (Å²) in [5.74, 6) is -0.0108. The van der Waals surface area contributed by atoms with Crippen molar-refractivity contribution < 1.29 is 19.1 Å². The summed E-state index contributed by atoms with van der Waals surface area (Å²) < 4.78 is 5.18. The Hall–Kier alpha value is -4.59. The molecule has 0 aliphatic carbocycles. The maximum atomic E-state index is 14.0. The zero-order chi connectivity index (χ0) is 25.7. The lowest BCUT2D eigenvalue weighted by molar-refractivity contribution is -0.125. The van der Waals surface area contributed by atoms with Gasteiger partial charge in [-0.3, -0.25) is 9.59 Å². The first-order valence-corrected chi connectivity index (χ1v) is 12.2. The standard InChI is InChI=1S/C29H26N4O4/c1-29-25-21(20-7-3-5-9-23(20)31-25)15-16-32(29)28(36)33(27(29)35)24-10-6-4-8-22(24)26(34)30-17-18-11-13-19(37-2)14-12-18/h3-14,31H,15-17H2,1-2H3,(H,30,34). The number of nitrogens with one attached hydrogen (secondary N) is 2. The second-order valence-corrected chi connectivity index (χ2v) is 9.47. The summed E-state index contributed by atoms with van der Waals surface area (Å²) in [7, 11) is 1.60. The van der Waals surface area contributed by atoms with Gasteiger partial charge in [-0.1, -0.05) is 42.5 Å². The normalized spacial score (nSPS) is 18.6. The molecule has 1 aromatic heterocycles. The van der Waals surface area contributed by atoms with E-state index < -0.39 is 11.6 Å². The number of benzene rings is 3. The first kappa shape index (κ1) is 22.8. The number of hydrogen-bond donors (Lipinski definition) is 2. The lowest BCUT2D eigenvalue weighted by Gasteiger charge is -2.35. The Morgan fingerprint density at radius 1 is 1.03 bits per heavy atom. The molecule has 1 fully saturated rings. The summed E-state index contributed by atoms with van der Waals surface area (Å²) in [4.78, 5) is 47.1. The highest BCUT2D eigenvalue weighted by molar-refractivity contribution is 6.25. The van der Waals surface area contributed by atoms with Gasteiger partial charge in [-0.2, -0.15) is 0 Å². The Morgan fingerprint density at radius 3 is 2.54 bits per heavy atom. The number of para-hydroxylation sites is 2. The summed E-state index contributed by atoms with van der Waals surface area (Å²) in [6, 6.07) is 21.6. The van der Waals surface area contributed by atoms with Crippen molar-refractivity contribution in [2.24, 2.45) is 0 Å². The van der Waals surface area contributed by atoms with Gasteiger partial charge >= 0.3 is 6.03 Å². The molecule has 1 unspecified atom stereocenters. The number of hydrogen-bond acceptors (Lipinski definition) is 4. The van der Waals surface area contributed by atoms with Crippen LogP contribution in [0, 0.1) is 0 Å². The Morgan fingerprint density at radius 2 is 1.76 bits per heavy atom. The van der Waals surface area contributed by atoms with E-state index in [1.165, 1.54) is 0 Å². The zero-order valence-corrected chi connectivity index (χ0v) is 20.6. The molecule has 2 N–H and O–H groups in total. The van der Waals surface area contributed by atoms with Crippen molar-refractivity contribution in [2.45, 2.75) is 25.4 Å². The first-order valence-electron chi connectivity index (χ1n) is 12.2. The number of aromatic amines is 1. The fraction of sp³-hybridized carbons (Fsp3) is 0.207. The molecule has 0 bridgehead atoms. The maximum Gasteiger partial charge on any atom is 0.332 e. The van der Waals surface area contributed by atoms with Crippen molar-refractivity contribution in [2.75, 3.05) is 18.6 Å². The maximum absolute atomic E-state index is 14.0. The zero-order valence-electron chi connectivity index (χ0n) is 20.6. The molecule has 1 saturated heterocycles. The molecule has 4 amide bonds.